The van der Waals surface area contributed by atoms with Crippen LogP contribution in [0.15, 0.2) is 77.5 Å². The Bertz CT molecular complexity index is 1160. The second-order valence-electron chi connectivity index (χ2n) is 6.21. The lowest BCUT2D eigenvalue weighted by Gasteiger charge is -2.13. The van der Waals surface area contributed by atoms with E-state index < -0.39 is 5.91 Å². The van der Waals surface area contributed by atoms with Crippen molar-refractivity contribution in [2.75, 3.05) is 12.4 Å². The van der Waals surface area contributed by atoms with Gasteiger partial charge < -0.3 is 14.5 Å². The number of pyridine rings is 1. The molecule has 1 amide bonds. The second kappa shape index (κ2) is 8.12. The molecular formula is C22H17N3O3S. The number of carbonyl (C=O) groups is 1. The van der Waals surface area contributed by atoms with E-state index in [2.05, 4.69) is 15.6 Å². The lowest BCUT2D eigenvalue weighted by atomic mass is 10.0. The zero-order valence-electron chi connectivity index (χ0n) is 15.5. The SMILES string of the molecule is COc1cc(NC(=S)NC(=O)c2cc3cnccc3o2)ccc1-c1ccccc1. The third kappa shape index (κ3) is 4.09. The van der Waals surface area contributed by atoms with Crippen molar-refractivity contribution in [2.24, 2.45) is 0 Å². The van der Waals surface area contributed by atoms with Crippen LogP contribution < -0.4 is 15.4 Å². The molecule has 0 saturated carbocycles. The molecule has 2 N–H and O–H groups in total. The van der Waals surface area contributed by atoms with Crippen molar-refractivity contribution < 1.29 is 13.9 Å². The van der Waals surface area contributed by atoms with Gasteiger partial charge in [-0.3, -0.25) is 15.1 Å². The first-order chi connectivity index (χ1) is 14.1. The van der Waals surface area contributed by atoms with E-state index in [0.29, 0.717) is 17.0 Å². The quantitative estimate of drug-likeness (QED) is 0.484. The number of methoxy groups -OCH3 is 1. The van der Waals surface area contributed by atoms with Crippen molar-refractivity contribution in [3.8, 4) is 16.9 Å². The van der Waals surface area contributed by atoms with Crippen LogP contribution in [0.3, 0.4) is 0 Å². The van der Waals surface area contributed by atoms with Crippen LogP contribution >= 0.6 is 12.2 Å². The number of nitrogens with one attached hydrogen (secondary N) is 2. The fraction of sp³-hybridized carbons (Fsp3) is 0.0455. The summed E-state index contributed by atoms with van der Waals surface area (Å²) in [7, 11) is 1.61. The smallest absolute Gasteiger partial charge is 0.293 e. The van der Waals surface area contributed by atoms with Gasteiger partial charge in [0.15, 0.2) is 10.9 Å². The van der Waals surface area contributed by atoms with Crippen molar-refractivity contribution in [3.63, 3.8) is 0 Å². The molecule has 144 valence electrons. The summed E-state index contributed by atoms with van der Waals surface area (Å²) in [5, 5.41) is 6.51. The van der Waals surface area contributed by atoms with Gasteiger partial charge in [0.25, 0.3) is 5.91 Å². The van der Waals surface area contributed by atoms with Gasteiger partial charge in [0.1, 0.15) is 11.3 Å². The third-order valence-corrected chi connectivity index (χ3v) is 4.52. The number of hydrogen-bond donors (Lipinski definition) is 2. The number of nitrogens with zero attached hydrogens (tertiary/aromatic N) is 1. The molecule has 29 heavy (non-hydrogen) atoms. The highest BCUT2D eigenvalue weighted by molar-refractivity contribution is 7.80. The number of hydrogen-bond acceptors (Lipinski definition) is 5. The van der Waals surface area contributed by atoms with E-state index in [4.69, 9.17) is 21.4 Å². The average molecular weight is 403 g/mol. The molecule has 0 atom stereocenters. The fourth-order valence-corrected chi connectivity index (χ4v) is 3.16. The first-order valence-electron chi connectivity index (χ1n) is 8.83. The molecule has 7 heteroatoms. The van der Waals surface area contributed by atoms with Gasteiger partial charge >= 0.3 is 0 Å². The predicted molar refractivity (Wildman–Crippen MR) is 116 cm³/mol. The predicted octanol–water partition coefficient (Wildman–Crippen LogP) is 4.63. The number of furan rings is 1. The van der Waals surface area contributed by atoms with Gasteiger partial charge in [-0.05, 0) is 42.0 Å². The molecule has 0 spiro atoms. The van der Waals surface area contributed by atoms with E-state index in [1.165, 1.54) is 0 Å². The van der Waals surface area contributed by atoms with Crippen LogP contribution in [0.2, 0.25) is 0 Å². The average Bonchev–Trinajstić information content (AvgIpc) is 3.19. The Kier molecular flexibility index (Phi) is 5.22. The number of rotatable bonds is 4. The monoisotopic (exact) mass is 403 g/mol. The maximum Gasteiger partial charge on any atom is 0.293 e. The largest absolute Gasteiger partial charge is 0.496 e. The van der Waals surface area contributed by atoms with E-state index in [0.717, 1.165) is 16.5 Å². The van der Waals surface area contributed by atoms with Crippen LogP contribution in [-0.2, 0) is 0 Å². The molecule has 6 nitrogen and oxygen atoms in total. The van der Waals surface area contributed by atoms with Crippen LogP contribution in [-0.4, -0.2) is 23.1 Å². The van der Waals surface area contributed by atoms with Crippen molar-refractivity contribution in [2.45, 2.75) is 0 Å². The minimum atomic E-state index is -0.438. The van der Waals surface area contributed by atoms with Gasteiger partial charge in [-0.25, -0.2) is 0 Å². The maximum absolute atomic E-state index is 12.4. The van der Waals surface area contributed by atoms with Gasteiger partial charge in [-0.2, -0.15) is 0 Å². The van der Waals surface area contributed by atoms with E-state index in [1.807, 2.05) is 48.5 Å². The number of anilines is 1. The summed E-state index contributed by atoms with van der Waals surface area (Å²) < 4.78 is 11.0. The second-order valence-corrected chi connectivity index (χ2v) is 6.62. The molecule has 0 aliphatic heterocycles. The van der Waals surface area contributed by atoms with E-state index >= 15 is 0 Å². The molecule has 2 aromatic carbocycles. The van der Waals surface area contributed by atoms with E-state index in [-0.39, 0.29) is 10.9 Å². The molecule has 4 rings (SSSR count). The standard InChI is InChI=1S/C22H17N3O3S/c1-27-19-12-16(7-8-17(19)14-5-3-2-4-6-14)24-22(29)25-21(26)20-11-15-13-23-10-9-18(15)28-20/h2-13H,1H3,(H2,24,25,26,29). The van der Waals surface area contributed by atoms with Crippen molar-refractivity contribution in [1.82, 2.24) is 10.3 Å². The molecular weight excluding hydrogens is 386 g/mol. The molecule has 0 aliphatic rings. The van der Waals surface area contributed by atoms with E-state index in [1.54, 1.807) is 31.6 Å². The molecule has 0 unspecified atom stereocenters. The summed E-state index contributed by atoms with van der Waals surface area (Å²) in [4.78, 5) is 16.4. The minimum absolute atomic E-state index is 0.156. The molecule has 4 aromatic rings. The topological polar surface area (TPSA) is 76.4 Å². The highest BCUT2D eigenvalue weighted by Crippen LogP contribution is 2.32. The molecule has 0 saturated heterocycles. The van der Waals surface area contributed by atoms with Crippen molar-refractivity contribution in [1.29, 1.82) is 0 Å². The molecule has 0 radical (unpaired) electrons. The fourth-order valence-electron chi connectivity index (χ4n) is 2.95. The number of thiocarbonyl (C=S) groups is 1. The highest BCUT2D eigenvalue weighted by Gasteiger charge is 2.14. The maximum atomic E-state index is 12.4. The molecule has 0 aliphatic carbocycles. The first kappa shape index (κ1) is 18.6. The third-order valence-electron chi connectivity index (χ3n) is 4.31. The Morgan fingerprint density at radius 3 is 2.69 bits per heavy atom. The van der Waals surface area contributed by atoms with Crippen molar-refractivity contribution >= 4 is 39.9 Å². The molecule has 2 aromatic heterocycles. The first-order valence-corrected chi connectivity index (χ1v) is 9.24. The molecule has 0 bridgehead atoms. The summed E-state index contributed by atoms with van der Waals surface area (Å²) in [6, 6.07) is 18.9. The number of aromatic nitrogens is 1. The number of amides is 1. The lowest BCUT2D eigenvalue weighted by Crippen LogP contribution is -2.33. The summed E-state index contributed by atoms with van der Waals surface area (Å²) in [6.07, 6.45) is 3.24. The van der Waals surface area contributed by atoms with Crippen LogP contribution in [0.4, 0.5) is 5.69 Å². The Balaban J connectivity index is 1.47. The van der Waals surface area contributed by atoms with Gasteiger partial charge in [-0.1, -0.05) is 30.3 Å². The Morgan fingerprint density at radius 2 is 1.93 bits per heavy atom. The Morgan fingerprint density at radius 1 is 1.10 bits per heavy atom. The summed E-state index contributed by atoms with van der Waals surface area (Å²) >= 11 is 5.26. The van der Waals surface area contributed by atoms with Crippen molar-refractivity contribution in [3.05, 3.63) is 78.8 Å². The zero-order valence-corrected chi connectivity index (χ0v) is 16.3. The highest BCUT2D eigenvalue weighted by atomic mass is 32.1. The van der Waals surface area contributed by atoms with Crippen LogP contribution in [0, 0.1) is 0 Å². The van der Waals surface area contributed by atoms with Crippen LogP contribution in [0.25, 0.3) is 22.1 Å². The molecule has 0 fully saturated rings. The lowest BCUT2D eigenvalue weighted by molar-refractivity contribution is 0.0953. The normalized spacial score (nSPS) is 10.5. The number of benzene rings is 2. The minimum Gasteiger partial charge on any atom is -0.496 e. The summed E-state index contributed by atoms with van der Waals surface area (Å²) in [5.41, 5.74) is 3.29. The van der Waals surface area contributed by atoms with Gasteiger partial charge in [0.2, 0.25) is 0 Å². The van der Waals surface area contributed by atoms with Gasteiger partial charge in [0.05, 0.1) is 7.11 Å². The Labute approximate surface area is 172 Å². The Hall–Kier alpha value is -3.71. The molecule has 2 heterocycles. The van der Waals surface area contributed by atoms with Crippen LogP contribution in [0.1, 0.15) is 10.6 Å². The van der Waals surface area contributed by atoms with Crippen LogP contribution in [0.5, 0.6) is 5.75 Å². The number of carbonyl (C=O) groups excluding carboxylic acids is 1. The van der Waals surface area contributed by atoms with E-state index in [9.17, 15) is 4.79 Å². The van der Waals surface area contributed by atoms with Gasteiger partial charge in [0, 0.05) is 35.1 Å². The summed E-state index contributed by atoms with van der Waals surface area (Å²) in [5.74, 6) is 0.417. The number of fused-ring (bicyclic) bond motifs is 1. The number of ether oxygens (including phenoxy) is 1. The summed E-state index contributed by atoms with van der Waals surface area (Å²) in [6.45, 7) is 0. The zero-order chi connectivity index (χ0) is 20.2. The van der Waals surface area contributed by atoms with Gasteiger partial charge in [-0.15, -0.1) is 0 Å².